The van der Waals surface area contributed by atoms with E-state index in [9.17, 15) is 18.0 Å². The molecule has 0 aliphatic carbocycles. The smallest absolute Gasteiger partial charge is 0.244 e. The summed E-state index contributed by atoms with van der Waals surface area (Å²) < 4.78 is 32.4. The Morgan fingerprint density at radius 1 is 0.923 bits per heavy atom. The van der Waals surface area contributed by atoms with Gasteiger partial charge in [0.2, 0.25) is 21.8 Å². The van der Waals surface area contributed by atoms with Crippen molar-refractivity contribution in [2.75, 3.05) is 23.7 Å². The zero-order valence-electron chi connectivity index (χ0n) is 22.3. The summed E-state index contributed by atoms with van der Waals surface area (Å²) in [6, 6.07) is 22.4. The zero-order valence-corrected chi connectivity index (χ0v) is 23.9. The number of benzene rings is 3. The van der Waals surface area contributed by atoms with E-state index in [0.29, 0.717) is 36.0 Å². The fourth-order valence-electron chi connectivity index (χ4n) is 4.06. The highest BCUT2D eigenvalue weighted by Crippen LogP contribution is 2.23. The minimum atomic E-state index is -3.83. The third kappa shape index (κ3) is 8.73. The number of hydrogen-bond donors (Lipinski definition) is 1. The lowest BCUT2D eigenvalue weighted by molar-refractivity contribution is -0.140. The van der Waals surface area contributed by atoms with E-state index < -0.39 is 28.5 Å². The summed E-state index contributed by atoms with van der Waals surface area (Å²) in [6.07, 6.45) is 1.40. The lowest BCUT2D eigenvalue weighted by Crippen LogP contribution is -2.52. The number of halogens is 1. The van der Waals surface area contributed by atoms with Crippen molar-refractivity contribution in [1.82, 2.24) is 10.2 Å². The molecule has 3 aromatic rings. The van der Waals surface area contributed by atoms with Gasteiger partial charge >= 0.3 is 0 Å². The molecule has 2 amide bonds. The van der Waals surface area contributed by atoms with Crippen LogP contribution in [0, 0.1) is 0 Å². The van der Waals surface area contributed by atoms with Gasteiger partial charge in [-0.3, -0.25) is 13.9 Å². The van der Waals surface area contributed by atoms with Gasteiger partial charge in [-0.1, -0.05) is 61.0 Å². The number of amides is 2. The van der Waals surface area contributed by atoms with Crippen LogP contribution < -0.4 is 14.4 Å². The normalized spacial score (nSPS) is 11.9. The molecule has 0 aromatic heterocycles. The Morgan fingerprint density at radius 2 is 1.56 bits per heavy atom. The molecule has 39 heavy (non-hydrogen) atoms. The van der Waals surface area contributed by atoms with Crippen molar-refractivity contribution in [3.05, 3.63) is 95.0 Å². The molecule has 1 atom stereocenters. The van der Waals surface area contributed by atoms with Crippen LogP contribution in [0.15, 0.2) is 78.9 Å². The van der Waals surface area contributed by atoms with Gasteiger partial charge in [0.05, 0.1) is 11.9 Å². The van der Waals surface area contributed by atoms with E-state index in [1.165, 1.54) is 4.90 Å². The molecule has 0 spiro atoms. The highest BCUT2D eigenvalue weighted by Gasteiger charge is 2.31. The van der Waals surface area contributed by atoms with E-state index in [1.54, 1.807) is 55.5 Å². The van der Waals surface area contributed by atoms with Crippen LogP contribution in [-0.4, -0.2) is 50.5 Å². The number of hydrogen-bond acceptors (Lipinski definition) is 5. The number of carbonyl (C=O) groups excluding carboxylic acids is 2. The summed E-state index contributed by atoms with van der Waals surface area (Å²) in [5.41, 5.74) is 2.08. The molecule has 0 heterocycles. The van der Waals surface area contributed by atoms with Gasteiger partial charge in [-0.25, -0.2) is 8.42 Å². The van der Waals surface area contributed by atoms with Gasteiger partial charge < -0.3 is 15.0 Å². The number of nitrogens with zero attached hydrogens (tertiary/aromatic N) is 2. The second-order valence-electron chi connectivity index (χ2n) is 9.00. The molecule has 208 valence electrons. The summed E-state index contributed by atoms with van der Waals surface area (Å²) in [7, 11) is -3.83. The Hall–Kier alpha value is -3.56. The molecule has 0 saturated heterocycles. The molecule has 0 bridgehead atoms. The third-order valence-corrected chi connectivity index (χ3v) is 7.45. The van der Waals surface area contributed by atoms with Gasteiger partial charge in [0.15, 0.2) is 0 Å². The monoisotopic (exact) mass is 571 g/mol. The predicted octanol–water partition coefficient (Wildman–Crippen LogP) is 4.63. The van der Waals surface area contributed by atoms with Crippen molar-refractivity contribution in [2.45, 2.75) is 39.5 Å². The Labute approximate surface area is 235 Å². The Bertz CT molecular complexity index is 1330. The van der Waals surface area contributed by atoms with Crippen molar-refractivity contribution in [3.8, 4) is 5.75 Å². The Kier molecular flexibility index (Phi) is 10.8. The third-order valence-electron chi connectivity index (χ3n) is 6.06. The molecule has 10 heteroatoms. The molecular weight excluding hydrogens is 538 g/mol. The second-order valence-corrected chi connectivity index (χ2v) is 11.3. The van der Waals surface area contributed by atoms with Crippen molar-refractivity contribution >= 4 is 39.1 Å². The van der Waals surface area contributed by atoms with Crippen molar-refractivity contribution in [1.29, 1.82) is 0 Å². The van der Waals surface area contributed by atoms with Crippen LogP contribution in [-0.2, 0) is 32.8 Å². The largest absolute Gasteiger partial charge is 0.489 e. The van der Waals surface area contributed by atoms with E-state index in [1.807, 2.05) is 37.3 Å². The maximum Gasteiger partial charge on any atom is 0.244 e. The number of nitrogens with one attached hydrogen (secondary N) is 1. The van der Waals surface area contributed by atoms with Crippen LogP contribution in [0.5, 0.6) is 5.75 Å². The van der Waals surface area contributed by atoms with Gasteiger partial charge in [-0.15, -0.1) is 0 Å². The zero-order chi connectivity index (χ0) is 28.4. The minimum absolute atomic E-state index is 0.121. The first-order valence-electron chi connectivity index (χ1n) is 12.7. The topological polar surface area (TPSA) is 96.0 Å². The number of sulfonamides is 1. The van der Waals surface area contributed by atoms with Gasteiger partial charge in [0.1, 0.15) is 24.9 Å². The lowest BCUT2D eigenvalue weighted by atomic mass is 10.1. The molecule has 3 rings (SSSR count). The maximum atomic E-state index is 13.7. The Balaban J connectivity index is 1.83. The highest BCUT2D eigenvalue weighted by molar-refractivity contribution is 7.92. The van der Waals surface area contributed by atoms with Crippen LogP contribution in [0.2, 0.25) is 5.02 Å². The number of ether oxygens (including phenoxy) is 1. The summed E-state index contributed by atoms with van der Waals surface area (Å²) in [5, 5.41) is 3.32. The first-order chi connectivity index (χ1) is 18.6. The van der Waals surface area contributed by atoms with E-state index in [4.69, 9.17) is 16.3 Å². The molecule has 0 unspecified atom stereocenters. The van der Waals surface area contributed by atoms with Crippen molar-refractivity contribution < 1.29 is 22.7 Å². The number of rotatable bonds is 13. The molecule has 0 aliphatic heterocycles. The van der Waals surface area contributed by atoms with Gasteiger partial charge in [-0.05, 0) is 60.9 Å². The van der Waals surface area contributed by atoms with Crippen molar-refractivity contribution in [3.63, 3.8) is 0 Å². The van der Waals surface area contributed by atoms with E-state index >= 15 is 0 Å². The van der Waals surface area contributed by atoms with Gasteiger partial charge in [0, 0.05) is 18.1 Å². The van der Waals surface area contributed by atoms with Crippen LogP contribution in [0.1, 0.15) is 31.4 Å². The summed E-state index contributed by atoms with van der Waals surface area (Å²) in [4.78, 5) is 27.9. The quantitative estimate of drug-likeness (QED) is 0.323. The summed E-state index contributed by atoms with van der Waals surface area (Å²) in [5.74, 6) is -0.236. The maximum absolute atomic E-state index is 13.7. The molecule has 0 saturated carbocycles. The van der Waals surface area contributed by atoms with Crippen LogP contribution in [0.3, 0.4) is 0 Å². The average Bonchev–Trinajstić information content (AvgIpc) is 2.92. The summed E-state index contributed by atoms with van der Waals surface area (Å²) >= 11 is 6.01. The number of anilines is 1. The molecule has 0 aliphatic rings. The fourth-order valence-corrected chi connectivity index (χ4v) is 5.04. The lowest BCUT2D eigenvalue weighted by Gasteiger charge is -2.32. The van der Waals surface area contributed by atoms with Crippen LogP contribution >= 0.6 is 11.6 Å². The molecule has 8 nitrogen and oxygen atoms in total. The molecule has 3 aromatic carbocycles. The predicted molar refractivity (Wildman–Crippen MR) is 154 cm³/mol. The van der Waals surface area contributed by atoms with Gasteiger partial charge in [-0.2, -0.15) is 0 Å². The van der Waals surface area contributed by atoms with Crippen molar-refractivity contribution in [2.24, 2.45) is 0 Å². The van der Waals surface area contributed by atoms with E-state index in [-0.39, 0.29) is 12.5 Å². The minimum Gasteiger partial charge on any atom is -0.489 e. The highest BCUT2D eigenvalue weighted by atomic mass is 35.5. The SMILES string of the molecule is CCNC(=O)[C@@H](CC)N(Cc1ccc(Cl)cc1)C(=O)CN(c1ccc(OCc2ccccc2)cc1)S(C)(=O)=O. The molecule has 1 N–H and O–H groups in total. The Morgan fingerprint density at radius 3 is 2.13 bits per heavy atom. The first-order valence-corrected chi connectivity index (χ1v) is 14.9. The second kappa shape index (κ2) is 14.0. The first kappa shape index (κ1) is 30.0. The van der Waals surface area contributed by atoms with E-state index in [0.717, 1.165) is 21.7 Å². The standard InChI is InChI=1S/C29H34ClN3O5S/c1-4-27(29(35)31-5-2)32(19-22-11-13-24(30)14-12-22)28(34)20-33(39(3,36)37)25-15-17-26(18-16-25)38-21-23-9-7-6-8-10-23/h6-18,27H,4-5,19-21H2,1-3H3,(H,31,35)/t27-/m1/s1. The molecule has 0 fully saturated rings. The molecular formula is C29H34ClN3O5S. The molecule has 0 radical (unpaired) electrons. The number of carbonyl (C=O) groups is 2. The van der Waals surface area contributed by atoms with Gasteiger partial charge in [0.25, 0.3) is 0 Å². The number of likely N-dealkylation sites (N-methyl/N-ethyl adjacent to an activating group) is 1. The van der Waals surface area contributed by atoms with Crippen LogP contribution in [0.25, 0.3) is 0 Å². The average molecular weight is 572 g/mol. The van der Waals surface area contributed by atoms with E-state index in [2.05, 4.69) is 5.32 Å². The fraction of sp³-hybridized carbons (Fsp3) is 0.310. The van der Waals surface area contributed by atoms with Crippen LogP contribution in [0.4, 0.5) is 5.69 Å². The summed E-state index contributed by atoms with van der Waals surface area (Å²) in [6.45, 7) is 4.04.